The molecule has 0 saturated heterocycles. The van der Waals surface area contributed by atoms with Crippen LogP contribution < -0.4 is 19.3 Å². The zero-order valence-electron chi connectivity index (χ0n) is 55.8. The number of para-hydroxylation sites is 3. The topological polar surface area (TPSA) is 24.9 Å². The molecule has 20 rings (SSSR count). The van der Waals surface area contributed by atoms with E-state index in [1.807, 2.05) is 0 Å². The predicted molar refractivity (Wildman–Crippen MR) is 446 cm³/mol. The molecule has 0 bridgehead atoms. The Morgan fingerprint density at radius 3 is 0.868 bits per heavy atom. The molecule has 4 heteroatoms. The van der Waals surface area contributed by atoms with Crippen LogP contribution >= 0.6 is 0 Å². The van der Waals surface area contributed by atoms with Gasteiger partial charge in [-0.05, 0) is 162 Å². The average Bonchev–Trinajstić information content (AvgIpc) is 1.50. The van der Waals surface area contributed by atoms with Crippen LogP contribution in [0.3, 0.4) is 0 Å². The second-order valence-corrected chi connectivity index (χ2v) is 26.5. The minimum Gasteiger partial charge on any atom is -0.457 e. The molecule has 0 atom stereocenters. The third-order valence-corrected chi connectivity index (χ3v) is 21.1. The van der Waals surface area contributed by atoms with Crippen molar-refractivity contribution in [1.82, 2.24) is 0 Å². The van der Waals surface area contributed by atoms with Crippen molar-refractivity contribution >= 4 is 34.1 Å². The molecule has 0 amide bonds. The lowest BCUT2D eigenvalue weighted by Crippen LogP contribution is -2.32. The van der Waals surface area contributed by atoms with Gasteiger partial charge in [-0.2, -0.15) is 0 Å². The van der Waals surface area contributed by atoms with E-state index in [1.54, 1.807) is 0 Å². The van der Waals surface area contributed by atoms with E-state index in [0.717, 1.165) is 79.4 Å². The zero-order chi connectivity index (χ0) is 67.6. The fraction of sp³-hybridized carbons (Fsp3) is 0.0588. The second-order valence-electron chi connectivity index (χ2n) is 26.5. The highest BCUT2D eigenvalue weighted by Gasteiger charge is 2.53. The fourth-order valence-electron chi connectivity index (χ4n) is 16.7. The summed E-state index contributed by atoms with van der Waals surface area (Å²) in [6.45, 7) is 0. The SMILES string of the molecule is C.C.C.C.c1ccc(-c2ccc(N(c3ccc(-c4ccccc4)cc3)c3ccc4c(c3)Oc3ccccc3C43c4ccccc4-c4ccccc43)cc2)cc1.c1ccc(-c2ccc(N(c3ccc4c(c3)C3(c5ccccc5O4)c4ccccc4-c4ccccc43)c3ccccc3-c3ccccc3)cc2)cc1. The first-order chi connectivity index (χ1) is 50.6. The Bertz CT molecular complexity index is 5640. The van der Waals surface area contributed by atoms with E-state index in [9.17, 15) is 0 Å². The molecule has 0 aromatic heterocycles. The number of benzene rings is 16. The molecule has 106 heavy (non-hydrogen) atoms. The van der Waals surface area contributed by atoms with E-state index in [2.05, 4.69) is 410 Å². The Hall–Kier alpha value is -13.3. The molecule has 0 unspecified atom stereocenters. The van der Waals surface area contributed by atoms with Gasteiger partial charge in [-0.15, -0.1) is 0 Å². The number of nitrogens with zero attached hydrogens (tertiary/aromatic N) is 2. The normalized spacial score (nSPS) is 12.5. The quantitative estimate of drug-likeness (QED) is 0.136. The molecule has 0 radical (unpaired) electrons. The maximum absolute atomic E-state index is 6.88. The summed E-state index contributed by atoms with van der Waals surface area (Å²) in [6.07, 6.45) is 0. The maximum Gasteiger partial charge on any atom is 0.134 e. The van der Waals surface area contributed by atoms with E-state index < -0.39 is 10.8 Å². The zero-order valence-corrected chi connectivity index (χ0v) is 55.8. The van der Waals surface area contributed by atoms with Crippen molar-refractivity contribution in [3.05, 3.63) is 445 Å². The van der Waals surface area contributed by atoms with Gasteiger partial charge in [0.1, 0.15) is 23.0 Å². The minimum absolute atomic E-state index is 0. The Morgan fingerprint density at radius 2 is 0.443 bits per heavy atom. The van der Waals surface area contributed by atoms with Crippen molar-refractivity contribution in [3.63, 3.8) is 0 Å². The monoisotopic (exact) mass is 1370 g/mol. The molecule has 512 valence electrons. The summed E-state index contributed by atoms with van der Waals surface area (Å²) in [5.74, 6) is 3.52. The summed E-state index contributed by atoms with van der Waals surface area (Å²) < 4.78 is 13.7. The molecule has 16 aromatic rings. The fourth-order valence-corrected chi connectivity index (χ4v) is 16.7. The third-order valence-electron chi connectivity index (χ3n) is 21.1. The largest absolute Gasteiger partial charge is 0.457 e. The molecular formula is C102H82N2O2. The summed E-state index contributed by atoms with van der Waals surface area (Å²) in [7, 11) is 0. The van der Waals surface area contributed by atoms with Gasteiger partial charge in [0.05, 0.1) is 16.5 Å². The first-order valence-electron chi connectivity index (χ1n) is 35.0. The van der Waals surface area contributed by atoms with Gasteiger partial charge in [0.15, 0.2) is 0 Å². The van der Waals surface area contributed by atoms with Crippen molar-refractivity contribution in [2.45, 2.75) is 40.5 Å². The van der Waals surface area contributed by atoms with Gasteiger partial charge in [-0.3, -0.25) is 0 Å². The van der Waals surface area contributed by atoms with Crippen LogP contribution in [-0.4, -0.2) is 0 Å². The van der Waals surface area contributed by atoms with Crippen LogP contribution in [0.5, 0.6) is 23.0 Å². The first kappa shape index (κ1) is 68.5. The van der Waals surface area contributed by atoms with Gasteiger partial charge in [0.2, 0.25) is 0 Å². The average molecular weight is 1370 g/mol. The van der Waals surface area contributed by atoms with E-state index >= 15 is 0 Å². The van der Waals surface area contributed by atoms with Gasteiger partial charge >= 0.3 is 0 Å². The van der Waals surface area contributed by atoms with Crippen LogP contribution in [-0.2, 0) is 10.8 Å². The first-order valence-corrected chi connectivity index (χ1v) is 35.0. The van der Waals surface area contributed by atoms with Crippen LogP contribution in [0.1, 0.15) is 74.2 Å². The summed E-state index contributed by atoms with van der Waals surface area (Å²) in [5.41, 5.74) is 29.7. The Labute approximate surface area is 624 Å². The Kier molecular flexibility index (Phi) is 18.4. The molecule has 4 nitrogen and oxygen atoms in total. The molecular weight excluding hydrogens is 1290 g/mol. The third kappa shape index (κ3) is 11.2. The molecule has 2 aliphatic carbocycles. The molecule has 2 spiro atoms. The Morgan fingerprint density at radius 1 is 0.170 bits per heavy atom. The highest BCUT2D eigenvalue weighted by molar-refractivity contribution is 5.94. The lowest BCUT2D eigenvalue weighted by molar-refractivity contribution is 0.436. The molecule has 0 N–H and O–H groups in total. The summed E-state index contributed by atoms with van der Waals surface area (Å²) in [4.78, 5) is 4.73. The molecule has 16 aromatic carbocycles. The molecule has 0 fully saturated rings. The summed E-state index contributed by atoms with van der Waals surface area (Å²) in [5, 5.41) is 0. The number of hydrogen-bond acceptors (Lipinski definition) is 4. The second kappa shape index (κ2) is 28.5. The lowest BCUT2D eigenvalue weighted by Gasteiger charge is -2.40. The van der Waals surface area contributed by atoms with Gasteiger partial charge in [0, 0.05) is 62.3 Å². The summed E-state index contributed by atoms with van der Waals surface area (Å²) >= 11 is 0. The van der Waals surface area contributed by atoms with Gasteiger partial charge in [-0.1, -0.05) is 345 Å². The highest BCUT2D eigenvalue weighted by atomic mass is 16.5. The number of anilines is 6. The van der Waals surface area contributed by atoms with E-state index in [1.165, 1.54) is 89.0 Å². The number of hydrogen-bond donors (Lipinski definition) is 0. The van der Waals surface area contributed by atoms with Crippen LogP contribution in [0, 0.1) is 0 Å². The van der Waals surface area contributed by atoms with E-state index in [-0.39, 0.29) is 29.7 Å². The maximum atomic E-state index is 6.88. The number of fused-ring (bicyclic) bond motifs is 18. The molecule has 2 aliphatic heterocycles. The summed E-state index contributed by atoms with van der Waals surface area (Å²) in [6, 6.07) is 144. The number of rotatable bonds is 10. The van der Waals surface area contributed by atoms with Crippen LogP contribution in [0.4, 0.5) is 34.1 Å². The van der Waals surface area contributed by atoms with Crippen molar-refractivity contribution in [1.29, 1.82) is 0 Å². The molecule has 2 heterocycles. The van der Waals surface area contributed by atoms with E-state index in [0.29, 0.717) is 0 Å². The van der Waals surface area contributed by atoms with Gasteiger partial charge in [0.25, 0.3) is 0 Å². The van der Waals surface area contributed by atoms with Crippen LogP contribution in [0.25, 0.3) is 66.8 Å². The van der Waals surface area contributed by atoms with Crippen LogP contribution in [0.2, 0.25) is 0 Å². The molecule has 4 aliphatic rings. The Balaban J connectivity index is 0.000000164. The minimum atomic E-state index is -0.546. The molecule has 0 saturated carbocycles. The predicted octanol–water partition coefficient (Wildman–Crippen LogP) is 28.5. The van der Waals surface area contributed by atoms with Gasteiger partial charge < -0.3 is 19.3 Å². The van der Waals surface area contributed by atoms with Crippen molar-refractivity contribution in [2.24, 2.45) is 0 Å². The van der Waals surface area contributed by atoms with E-state index in [4.69, 9.17) is 9.47 Å². The van der Waals surface area contributed by atoms with Crippen LogP contribution in [0.15, 0.2) is 400 Å². The van der Waals surface area contributed by atoms with Crippen molar-refractivity contribution < 1.29 is 9.47 Å². The highest BCUT2D eigenvalue weighted by Crippen LogP contribution is 2.65. The number of ether oxygens (including phenoxy) is 2. The smallest absolute Gasteiger partial charge is 0.134 e. The van der Waals surface area contributed by atoms with Gasteiger partial charge in [-0.25, -0.2) is 0 Å². The standard InChI is InChI=1S/2C49H33NO.4CH4/c1-3-15-34(16-4-1)35-27-29-37(30-28-35)50(46-25-13-9-19-39(46)36-17-5-2-6-18-36)38-31-32-48-45(33-38)49(44-24-12-14-26-47(44)51-48)42-22-10-7-20-40(42)41-21-8-11-23-43(41)49;1-3-13-34(14-4-1)36-23-27-38(28-24-36)50(39-29-25-37(26-30-39)35-15-5-2-6-16-35)40-31-32-46-48(33-40)51-47-22-12-11-21-45(47)49(46)43-19-9-7-17-41(43)42-18-8-10-20-44(42)49;;;;/h2*1-33H;4*1H4. The van der Waals surface area contributed by atoms with Crippen molar-refractivity contribution in [2.75, 3.05) is 9.80 Å². The van der Waals surface area contributed by atoms with Crippen molar-refractivity contribution in [3.8, 4) is 89.8 Å². The lowest BCUT2D eigenvalue weighted by atomic mass is 9.66.